The molecule has 0 bridgehead atoms. The summed E-state index contributed by atoms with van der Waals surface area (Å²) in [5, 5.41) is 13.9. The van der Waals surface area contributed by atoms with Gasteiger partial charge in [0.2, 0.25) is 0 Å². The van der Waals surface area contributed by atoms with Crippen LogP contribution in [0.25, 0.3) is 0 Å². The third-order valence-electron chi connectivity index (χ3n) is 3.21. The predicted octanol–water partition coefficient (Wildman–Crippen LogP) is 4.37. The van der Waals surface area contributed by atoms with Crippen molar-refractivity contribution < 1.29 is 18.1 Å². The first-order chi connectivity index (χ1) is 9.69. The van der Waals surface area contributed by atoms with Crippen molar-refractivity contribution in [2.24, 2.45) is 0 Å². The average molecular weight is 304 g/mol. The molecule has 0 aromatic heterocycles. The van der Waals surface area contributed by atoms with Crippen LogP contribution in [-0.2, 0) is 0 Å². The normalized spacial score (nSPS) is 14.7. The lowest BCUT2D eigenvalue weighted by Gasteiger charge is -2.20. The molecule has 1 N–H and O–H groups in total. The Morgan fingerprint density at radius 1 is 1.33 bits per heavy atom. The van der Waals surface area contributed by atoms with Crippen LogP contribution in [0, 0.1) is 10.1 Å². The molecule has 2 unspecified atom stereocenters. The topological polar surface area (TPSA) is 55.2 Å². The predicted molar refractivity (Wildman–Crippen MR) is 74.0 cm³/mol. The van der Waals surface area contributed by atoms with E-state index in [4.69, 9.17) is 0 Å². The van der Waals surface area contributed by atoms with Gasteiger partial charge in [0.05, 0.1) is 4.92 Å². The number of halogens is 3. The standard InChI is InChI=1S/C14H19F3N2O2/c1-10(5-4-8-14(15,16)17)18-11(2)12-6-3-7-13(9-12)19(20)21/h3,6-7,9-11,18H,4-5,8H2,1-2H3. The summed E-state index contributed by atoms with van der Waals surface area (Å²) in [7, 11) is 0. The lowest BCUT2D eigenvalue weighted by Crippen LogP contribution is -2.29. The van der Waals surface area contributed by atoms with Gasteiger partial charge >= 0.3 is 6.18 Å². The Hall–Kier alpha value is -1.63. The van der Waals surface area contributed by atoms with Gasteiger partial charge in [-0.25, -0.2) is 0 Å². The molecule has 1 aromatic rings. The number of benzene rings is 1. The van der Waals surface area contributed by atoms with E-state index in [0.717, 1.165) is 5.56 Å². The first-order valence-electron chi connectivity index (χ1n) is 6.76. The molecule has 0 fully saturated rings. The third-order valence-corrected chi connectivity index (χ3v) is 3.21. The Morgan fingerprint density at radius 3 is 2.57 bits per heavy atom. The number of nitrogens with one attached hydrogen (secondary N) is 1. The molecule has 1 aromatic carbocycles. The lowest BCUT2D eigenvalue weighted by molar-refractivity contribution is -0.384. The summed E-state index contributed by atoms with van der Waals surface area (Å²) in [4.78, 5) is 10.2. The molecule has 0 saturated carbocycles. The number of hydrogen-bond acceptors (Lipinski definition) is 3. The number of hydrogen-bond donors (Lipinski definition) is 1. The highest BCUT2D eigenvalue weighted by Gasteiger charge is 2.26. The number of rotatable bonds is 7. The molecule has 0 saturated heterocycles. The smallest absolute Gasteiger partial charge is 0.308 e. The first-order valence-corrected chi connectivity index (χ1v) is 6.76. The number of nitro groups is 1. The molecular weight excluding hydrogens is 285 g/mol. The van der Waals surface area contributed by atoms with Crippen molar-refractivity contribution in [2.75, 3.05) is 0 Å². The zero-order valence-corrected chi connectivity index (χ0v) is 12.0. The summed E-state index contributed by atoms with van der Waals surface area (Å²) in [5.74, 6) is 0. The maximum absolute atomic E-state index is 12.1. The molecule has 0 aliphatic carbocycles. The van der Waals surface area contributed by atoms with E-state index in [-0.39, 0.29) is 24.2 Å². The summed E-state index contributed by atoms with van der Waals surface area (Å²) < 4.78 is 36.2. The molecule has 21 heavy (non-hydrogen) atoms. The number of nitro benzene ring substituents is 1. The molecule has 0 spiro atoms. The van der Waals surface area contributed by atoms with E-state index in [1.807, 2.05) is 13.8 Å². The van der Waals surface area contributed by atoms with Crippen LogP contribution in [-0.4, -0.2) is 17.1 Å². The Balaban J connectivity index is 2.50. The monoisotopic (exact) mass is 304 g/mol. The Morgan fingerprint density at radius 2 is 2.00 bits per heavy atom. The quantitative estimate of drug-likeness (QED) is 0.601. The van der Waals surface area contributed by atoms with Gasteiger partial charge in [-0.2, -0.15) is 13.2 Å². The Bertz CT molecular complexity index is 478. The summed E-state index contributed by atoms with van der Waals surface area (Å²) in [6.07, 6.45) is -4.44. The SMILES string of the molecule is CC(CCCC(F)(F)F)NC(C)c1cccc([N+](=O)[O-])c1. The van der Waals surface area contributed by atoms with Crippen LogP contribution >= 0.6 is 0 Å². The second-order valence-corrected chi connectivity index (χ2v) is 5.15. The van der Waals surface area contributed by atoms with E-state index < -0.39 is 17.5 Å². The van der Waals surface area contributed by atoms with Crippen molar-refractivity contribution in [3.8, 4) is 0 Å². The van der Waals surface area contributed by atoms with Crippen molar-refractivity contribution in [1.29, 1.82) is 0 Å². The van der Waals surface area contributed by atoms with Crippen LogP contribution < -0.4 is 5.32 Å². The molecule has 0 heterocycles. The molecule has 0 amide bonds. The summed E-state index contributed by atoms with van der Waals surface area (Å²) in [6, 6.07) is 5.98. The van der Waals surface area contributed by atoms with Gasteiger partial charge in [0.15, 0.2) is 0 Å². The molecule has 118 valence electrons. The van der Waals surface area contributed by atoms with Crippen LogP contribution in [0.4, 0.5) is 18.9 Å². The first kappa shape index (κ1) is 17.4. The highest BCUT2D eigenvalue weighted by Crippen LogP contribution is 2.23. The third kappa shape index (κ3) is 6.57. The largest absolute Gasteiger partial charge is 0.389 e. The Kier molecular flexibility index (Phi) is 6.14. The van der Waals surface area contributed by atoms with E-state index in [0.29, 0.717) is 6.42 Å². The minimum atomic E-state index is -4.12. The van der Waals surface area contributed by atoms with E-state index in [9.17, 15) is 23.3 Å². The molecule has 0 radical (unpaired) electrons. The van der Waals surface area contributed by atoms with Gasteiger partial charge in [0.1, 0.15) is 0 Å². The van der Waals surface area contributed by atoms with Crippen molar-refractivity contribution in [3.63, 3.8) is 0 Å². The minimum Gasteiger partial charge on any atom is -0.308 e. The van der Waals surface area contributed by atoms with Crippen LogP contribution in [0.3, 0.4) is 0 Å². The zero-order valence-electron chi connectivity index (χ0n) is 12.0. The maximum Gasteiger partial charge on any atom is 0.389 e. The average Bonchev–Trinajstić information content (AvgIpc) is 2.37. The van der Waals surface area contributed by atoms with E-state index >= 15 is 0 Å². The van der Waals surface area contributed by atoms with Gasteiger partial charge in [0.25, 0.3) is 5.69 Å². The molecule has 7 heteroatoms. The highest BCUT2D eigenvalue weighted by atomic mass is 19.4. The van der Waals surface area contributed by atoms with E-state index in [1.54, 1.807) is 12.1 Å². The zero-order chi connectivity index (χ0) is 16.0. The summed E-state index contributed by atoms with van der Waals surface area (Å²) >= 11 is 0. The fraction of sp³-hybridized carbons (Fsp3) is 0.571. The van der Waals surface area contributed by atoms with Crippen LogP contribution in [0.15, 0.2) is 24.3 Å². The van der Waals surface area contributed by atoms with E-state index in [1.165, 1.54) is 12.1 Å². The number of alkyl halides is 3. The van der Waals surface area contributed by atoms with Gasteiger partial charge in [0, 0.05) is 30.6 Å². The van der Waals surface area contributed by atoms with Gasteiger partial charge < -0.3 is 5.32 Å². The van der Waals surface area contributed by atoms with Gasteiger partial charge in [-0.1, -0.05) is 12.1 Å². The molecule has 1 rings (SSSR count). The van der Waals surface area contributed by atoms with E-state index in [2.05, 4.69) is 5.32 Å². The van der Waals surface area contributed by atoms with Crippen LogP contribution in [0.1, 0.15) is 44.7 Å². The van der Waals surface area contributed by atoms with Crippen molar-refractivity contribution >= 4 is 5.69 Å². The van der Waals surface area contributed by atoms with Gasteiger partial charge in [-0.05, 0) is 32.3 Å². The molecule has 4 nitrogen and oxygen atoms in total. The maximum atomic E-state index is 12.1. The second-order valence-electron chi connectivity index (χ2n) is 5.15. The Labute approximate surface area is 121 Å². The number of nitrogens with zero attached hydrogens (tertiary/aromatic N) is 1. The lowest BCUT2D eigenvalue weighted by atomic mass is 10.0. The molecule has 0 aliphatic heterocycles. The van der Waals surface area contributed by atoms with Crippen LogP contribution in [0.2, 0.25) is 0 Å². The van der Waals surface area contributed by atoms with Crippen molar-refractivity contribution in [3.05, 3.63) is 39.9 Å². The van der Waals surface area contributed by atoms with Crippen molar-refractivity contribution in [2.45, 2.75) is 51.4 Å². The number of non-ortho nitro benzene ring substituents is 1. The van der Waals surface area contributed by atoms with Gasteiger partial charge in [-0.15, -0.1) is 0 Å². The van der Waals surface area contributed by atoms with Crippen LogP contribution in [0.5, 0.6) is 0 Å². The summed E-state index contributed by atoms with van der Waals surface area (Å²) in [5.41, 5.74) is 0.748. The van der Waals surface area contributed by atoms with Crippen molar-refractivity contribution in [1.82, 2.24) is 5.32 Å². The second kappa shape index (κ2) is 7.40. The fourth-order valence-corrected chi connectivity index (χ4v) is 2.12. The highest BCUT2D eigenvalue weighted by molar-refractivity contribution is 5.35. The summed E-state index contributed by atoms with van der Waals surface area (Å²) in [6.45, 7) is 3.64. The molecule has 0 aliphatic rings. The molecular formula is C14H19F3N2O2. The minimum absolute atomic E-state index is 0.00544. The fourth-order valence-electron chi connectivity index (χ4n) is 2.12. The van der Waals surface area contributed by atoms with Gasteiger partial charge in [-0.3, -0.25) is 10.1 Å². The molecule has 2 atom stereocenters.